The lowest BCUT2D eigenvalue weighted by molar-refractivity contribution is -0.178. The van der Waals surface area contributed by atoms with E-state index in [0.29, 0.717) is 25.7 Å². The normalized spacial score (nSPS) is 37.9. The van der Waals surface area contributed by atoms with Crippen molar-refractivity contribution in [1.29, 1.82) is 0 Å². The summed E-state index contributed by atoms with van der Waals surface area (Å²) in [4.78, 5) is 37.4. The predicted molar refractivity (Wildman–Crippen MR) is 105 cm³/mol. The molecule has 4 rings (SSSR count). The van der Waals surface area contributed by atoms with Crippen LogP contribution in [0.4, 0.5) is 0 Å². The Kier molecular flexibility index (Phi) is 5.03. The van der Waals surface area contributed by atoms with Crippen LogP contribution < -0.4 is 0 Å². The molecule has 0 radical (unpaired) electrons. The molecule has 30 heavy (non-hydrogen) atoms. The fraction of sp³-hybridized carbons (Fsp3) is 0.609. The van der Waals surface area contributed by atoms with E-state index in [-0.39, 0.29) is 17.9 Å². The zero-order valence-electron chi connectivity index (χ0n) is 17.8. The lowest BCUT2D eigenvalue weighted by Gasteiger charge is -2.57. The van der Waals surface area contributed by atoms with Crippen LogP contribution in [0, 0.1) is 22.7 Å². The van der Waals surface area contributed by atoms with Gasteiger partial charge in [0.1, 0.15) is 12.2 Å². The van der Waals surface area contributed by atoms with E-state index in [4.69, 9.17) is 18.6 Å². The minimum Gasteiger partial charge on any atom is -0.472 e. The SMILES string of the molecule is COC(=O)C1CC(OC(C)=O)C=C2C1(C)CCC1C(=O)OC(c3ccoc3)CC21C. The number of esters is 3. The lowest BCUT2D eigenvalue weighted by atomic mass is 9.47. The first-order valence-corrected chi connectivity index (χ1v) is 10.4. The van der Waals surface area contributed by atoms with E-state index in [9.17, 15) is 14.4 Å². The monoisotopic (exact) mass is 416 g/mol. The second kappa shape index (κ2) is 7.29. The van der Waals surface area contributed by atoms with Crippen molar-refractivity contribution in [2.75, 3.05) is 7.11 Å². The highest BCUT2D eigenvalue weighted by atomic mass is 16.6. The van der Waals surface area contributed by atoms with E-state index >= 15 is 0 Å². The van der Waals surface area contributed by atoms with Gasteiger partial charge in [-0.15, -0.1) is 0 Å². The molecule has 0 spiro atoms. The van der Waals surface area contributed by atoms with E-state index < -0.39 is 34.9 Å². The van der Waals surface area contributed by atoms with Gasteiger partial charge >= 0.3 is 17.9 Å². The van der Waals surface area contributed by atoms with Crippen molar-refractivity contribution < 1.29 is 33.0 Å². The Morgan fingerprint density at radius 1 is 1.23 bits per heavy atom. The Morgan fingerprint density at radius 3 is 2.63 bits per heavy atom. The standard InChI is InChI=1S/C23H28O7/c1-13(24)29-15-9-17(20(25)27-4)22(2)7-5-16-21(26)30-18(14-6-8-28-12-14)11-23(16,3)19(22)10-15/h6,8,10,12,15-18H,5,7,9,11H2,1-4H3. The summed E-state index contributed by atoms with van der Waals surface area (Å²) < 4.78 is 21.6. The van der Waals surface area contributed by atoms with Crippen LogP contribution in [0.5, 0.6) is 0 Å². The predicted octanol–water partition coefficient (Wildman–Crippen LogP) is 3.74. The Morgan fingerprint density at radius 2 is 2.00 bits per heavy atom. The topological polar surface area (TPSA) is 92.0 Å². The highest BCUT2D eigenvalue weighted by Crippen LogP contribution is 2.64. The Labute approximate surface area is 175 Å². The molecule has 0 amide bonds. The van der Waals surface area contributed by atoms with E-state index in [1.165, 1.54) is 14.0 Å². The summed E-state index contributed by atoms with van der Waals surface area (Å²) in [5.41, 5.74) is 0.792. The largest absolute Gasteiger partial charge is 0.472 e. The molecule has 1 aromatic rings. The van der Waals surface area contributed by atoms with E-state index in [2.05, 4.69) is 13.8 Å². The number of methoxy groups -OCH3 is 1. The van der Waals surface area contributed by atoms with Gasteiger partial charge in [-0.25, -0.2) is 0 Å². The Bertz CT molecular complexity index is 885. The van der Waals surface area contributed by atoms with E-state index in [0.717, 1.165) is 11.1 Å². The van der Waals surface area contributed by atoms with Crippen LogP contribution in [0.15, 0.2) is 34.7 Å². The first kappa shape index (κ1) is 20.7. The maximum atomic E-state index is 13.0. The van der Waals surface area contributed by atoms with Gasteiger partial charge in [-0.1, -0.05) is 19.4 Å². The number of hydrogen-bond acceptors (Lipinski definition) is 7. The fourth-order valence-electron chi connectivity index (χ4n) is 5.94. The Balaban J connectivity index is 1.79. The summed E-state index contributed by atoms with van der Waals surface area (Å²) in [7, 11) is 1.38. The highest BCUT2D eigenvalue weighted by Gasteiger charge is 2.61. The van der Waals surface area contributed by atoms with Crippen LogP contribution in [0.25, 0.3) is 0 Å². The molecular weight excluding hydrogens is 388 g/mol. The quantitative estimate of drug-likeness (QED) is 0.421. The molecule has 0 aromatic carbocycles. The van der Waals surface area contributed by atoms with Gasteiger partial charge < -0.3 is 18.6 Å². The van der Waals surface area contributed by atoms with E-state index in [1.54, 1.807) is 18.6 Å². The summed E-state index contributed by atoms with van der Waals surface area (Å²) in [5.74, 6) is -1.71. The molecule has 7 nitrogen and oxygen atoms in total. The van der Waals surface area contributed by atoms with Gasteiger partial charge in [0.15, 0.2) is 0 Å². The summed E-state index contributed by atoms with van der Waals surface area (Å²) in [6.07, 6.45) is 6.42. The third-order valence-corrected chi connectivity index (χ3v) is 7.41. The number of rotatable bonds is 3. The van der Waals surface area contributed by atoms with Gasteiger partial charge in [-0.3, -0.25) is 14.4 Å². The maximum absolute atomic E-state index is 13.0. The number of carbonyl (C=O) groups is 3. The van der Waals surface area contributed by atoms with Crippen molar-refractivity contribution in [3.8, 4) is 0 Å². The lowest BCUT2D eigenvalue weighted by Crippen LogP contribution is -2.55. The second-order valence-corrected chi connectivity index (χ2v) is 9.15. The molecule has 1 aromatic heterocycles. The van der Waals surface area contributed by atoms with Gasteiger partial charge in [0.25, 0.3) is 0 Å². The van der Waals surface area contributed by atoms with Crippen LogP contribution in [-0.2, 0) is 28.6 Å². The summed E-state index contributed by atoms with van der Waals surface area (Å²) in [6, 6.07) is 1.80. The van der Waals surface area contributed by atoms with Crippen LogP contribution in [0.3, 0.4) is 0 Å². The molecular formula is C23H28O7. The van der Waals surface area contributed by atoms with Crippen molar-refractivity contribution in [1.82, 2.24) is 0 Å². The molecule has 2 aliphatic carbocycles. The minimum absolute atomic E-state index is 0.234. The van der Waals surface area contributed by atoms with Gasteiger partial charge in [0.2, 0.25) is 0 Å². The molecule has 1 aliphatic heterocycles. The maximum Gasteiger partial charge on any atom is 0.310 e. The van der Waals surface area contributed by atoms with Crippen LogP contribution in [-0.4, -0.2) is 31.1 Å². The van der Waals surface area contributed by atoms with Crippen LogP contribution in [0.2, 0.25) is 0 Å². The summed E-state index contributed by atoms with van der Waals surface area (Å²) in [6.45, 7) is 5.50. The molecule has 1 saturated carbocycles. The molecule has 6 atom stereocenters. The fourth-order valence-corrected chi connectivity index (χ4v) is 5.94. The Hall–Kier alpha value is -2.57. The van der Waals surface area contributed by atoms with Gasteiger partial charge in [-0.2, -0.15) is 0 Å². The smallest absolute Gasteiger partial charge is 0.310 e. The van der Waals surface area contributed by atoms with Crippen LogP contribution >= 0.6 is 0 Å². The first-order chi connectivity index (χ1) is 14.2. The van der Waals surface area contributed by atoms with Crippen molar-refractivity contribution in [2.45, 2.75) is 58.7 Å². The van der Waals surface area contributed by atoms with Crippen molar-refractivity contribution in [3.05, 3.63) is 35.8 Å². The van der Waals surface area contributed by atoms with Gasteiger partial charge in [0.05, 0.1) is 31.5 Å². The van der Waals surface area contributed by atoms with Gasteiger partial charge in [0, 0.05) is 29.7 Å². The summed E-state index contributed by atoms with van der Waals surface area (Å²) in [5, 5.41) is 0. The molecule has 2 heterocycles. The van der Waals surface area contributed by atoms with Crippen molar-refractivity contribution in [2.24, 2.45) is 22.7 Å². The van der Waals surface area contributed by atoms with Crippen LogP contribution in [0.1, 0.15) is 58.1 Å². The average molecular weight is 416 g/mol. The highest BCUT2D eigenvalue weighted by molar-refractivity contribution is 5.78. The number of ether oxygens (including phenoxy) is 3. The molecule has 1 saturated heterocycles. The summed E-state index contributed by atoms with van der Waals surface area (Å²) >= 11 is 0. The second-order valence-electron chi connectivity index (χ2n) is 9.15. The molecule has 2 fully saturated rings. The third-order valence-electron chi connectivity index (χ3n) is 7.41. The van der Waals surface area contributed by atoms with Gasteiger partial charge in [-0.05, 0) is 31.4 Å². The molecule has 6 unspecified atom stereocenters. The molecule has 0 bridgehead atoms. The molecule has 7 heteroatoms. The minimum atomic E-state index is -0.532. The molecule has 0 N–H and O–H groups in total. The first-order valence-electron chi connectivity index (χ1n) is 10.4. The number of carbonyl (C=O) groups excluding carboxylic acids is 3. The zero-order valence-corrected chi connectivity index (χ0v) is 17.8. The number of fused-ring (bicyclic) bond motifs is 3. The average Bonchev–Trinajstić information content (AvgIpc) is 3.21. The van der Waals surface area contributed by atoms with Crippen molar-refractivity contribution in [3.63, 3.8) is 0 Å². The molecule has 3 aliphatic rings. The number of cyclic esters (lactones) is 1. The number of furan rings is 1. The third kappa shape index (κ3) is 3.15. The number of allylic oxidation sites excluding steroid dienone is 1. The van der Waals surface area contributed by atoms with Crippen molar-refractivity contribution >= 4 is 17.9 Å². The zero-order chi connectivity index (χ0) is 21.7. The molecule has 162 valence electrons. The van der Waals surface area contributed by atoms with E-state index in [1.807, 2.05) is 6.08 Å². The number of hydrogen-bond donors (Lipinski definition) is 0.